The molecule has 2 aromatic heterocycles. The Morgan fingerprint density at radius 2 is 1.95 bits per heavy atom. The fraction of sp³-hybridized carbons (Fsp3) is 0.200. The minimum absolute atomic E-state index is 0.0279. The summed E-state index contributed by atoms with van der Waals surface area (Å²) in [4.78, 5) is 15.1. The van der Waals surface area contributed by atoms with Gasteiger partial charge in [0.25, 0.3) is 5.56 Å². The summed E-state index contributed by atoms with van der Waals surface area (Å²) >= 11 is 1.79. The van der Waals surface area contributed by atoms with Gasteiger partial charge in [-0.15, -0.1) is 0 Å². The normalized spacial score (nSPS) is 13.8. The van der Waals surface area contributed by atoms with E-state index in [1.165, 1.54) is 0 Å². The maximum Gasteiger partial charge on any atom is 0.253 e. The predicted molar refractivity (Wildman–Crippen MR) is 81.8 cm³/mol. The molecule has 0 radical (unpaired) electrons. The van der Waals surface area contributed by atoms with Gasteiger partial charge in [0, 0.05) is 35.1 Å². The van der Waals surface area contributed by atoms with Crippen molar-refractivity contribution in [3.63, 3.8) is 0 Å². The highest BCUT2D eigenvalue weighted by Gasteiger charge is 2.23. The van der Waals surface area contributed by atoms with Crippen LogP contribution in [-0.4, -0.2) is 14.8 Å². The monoisotopic (exact) mass is 283 g/mol. The number of thioether (sulfide) groups is 1. The lowest BCUT2D eigenvalue weighted by Gasteiger charge is -2.02. The van der Waals surface area contributed by atoms with Crippen LogP contribution in [0.4, 0.5) is 0 Å². The van der Waals surface area contributed by atoms with E-state index in [1.807, 2.05) is 25.2 Å². The van der Waals surface area contributed by atoms with Crippen molar-refractivity contribution >= 4 is 22.8 Å². The SMILES string of the molecule is Cn1nc(-c2ccccc2)c2c3c(c(=O)[nH]c21)CSC3. The van der Waals surface area contributed by atoms with E-state index >= 15 is 0 Å². The molecule has 100 valence electrons. The molecule has 0 spiro atoms. The van der Waals surface area contributed by atoms with Gasteiger partial charge in [0.1, 0.15) is 11.3 Å². The lowest BCUT2D eigenvalue weighted by atomic mass is 10.0. The second-order valence-electron chi connectivity index (χ2n) is 4.97. The minimum atomic E-state index is 0.0279. The number of aromatic nitrogens is 3. The van der Waals surface area contributed by atoms with Crippen LogP contribution in [-0.2, 0) is 18.6 Å². The first kappa shape index (κ1) is 11.8. The Labute approximate surface area is 119 Å². The van der Waals surface area contributed by atoms with Crippen molar-refractivity contribution in [3.8, 4) is 11.3 Å². The molecular formula is C15H13N3OS. The molecule has 1 aromatic carbocycles. The number of pyridine rings is 1. The van der Waals surface area contributed by atoms with Gasteiger partial charge in [0.05, 0.1) is 0 Å². The second-order valence-corrected chi connectivity index (χ2v) is 5.95. The Morgan fingerprint density at radius 3 is 2.75 bits per heavy atom. The first-order chi connectivity index (χ1) is 9.75. The van der Waals surface area contributed by atoms with Crippen molar-refractivity contribution in [2.45, 2.75) is 11.5 Å². The Morgan fingerprint density at radius 1 is 1.20 bits per heavy atom. The molecule has 3 aromatic rings. The van der Waals surface area contributed by atoms with Crippen LogP contribution >= 0.6 is 11.8 Å². The number of aryl methyl sites for hydroxylation is 1. The molecule has 4 rings (SSSR count). The van der Waals surface area contributed by atoms with Crippen LogP contribution in [0.1, 0.15) is 11.1 Å². The average Bonchev–Trinajstić information content (AvgIpc) is 3.06. The summed E-state index contributed by atoms with van der Waals surface area (Å²) in [6.07, 6.45) is 0. The molecule has 0 atom stereocenters. The van der Waals surface area contributed by atoms with Crippen molar-refractivity contribution in [2.75, 3.05) is 0 Å². The number of hydrogen-bond acceptors (Lipinski definition) is 3. The van der Waals surface area contributed by atoms with Crippen molar-refractivity contribution in [1.29, 1.82) is 0 Å². The zero-order valence-corrected chi connectivity index (χ0v) is 11.8. The van der Waals surface area contributed by atoms with Gasteiger partial charge in [-0.2, -0.15) is 16.9 Å². The standard InChI is InChI=1S/C15H13N3OS/c1-18-14-12(10-7-20-8-11(10)15(19)16-14)13(17-18)9-5-3-2-4-6-9/h2-6H,7-8H2,1H3,(H,16,19). The number of H-pyrrole nitrogens is 1. The van der Waals surface area contributed by atoms with Gasteiger partial charge in [-0.3, -0.25) is 9.48 Å². The third-order valence-electron chi connectivity index (χ3n) is 3.76. The third-order valence-corrected chi connectivity index (χ3v) is 4.74. The number of rotatable bonds is 1. The van der Waals surface area contributed by atoms with Gasteiger partial charge in [-0.25, -0.2) is 0 Å². The van der Waals surface area contributed by atoms with Crippen molar-refractivity contribution in [1.82, 2.24) is 14.8 Å². The highest BCUT2D eigenvalue weighted by Crippen LogP contribution is 2.36. The smallest absolute Gasteiger partial charge is 0.253 e. The lowest BCUT2D eigenvalue weighted by Crippen LogP contribution is -2.13. The molecule has 0 fully saturated rings. The van der Waals surface area contributed by atoms with E-state index in [0.717, 1.165) is 44.9 Å². The van der Waals surface area contributed by atoms with E-state index in [-0.39, 0.29) is 5.56 Å². The van der Waals surface area contributed by atoms with Gasteiger partial charge >= 0.3 is 0 Å². The Hall–Kier alpha value is -2.01. The molecule has 0 bridgehead atoms. The van der Waals surface area contributed by atoms with Crippen molar-refractivity contribution in [2.24, 2.45) is 7.05 Å². The van der Waals surface area contributed by atoms with Crippen LogP contribution in [0.5, 0.6) is 0 Å². The van der Waals surface area contributed by atoms with E-state index in [4.69, 9.17) is 0 Å². The predicted octanol–water partition coefficient (Wildman–Crippen LogP) is 2.68. The summed E-state index contributed by atoms with van der Waals surface area (Å²) in [5.41, 5.74) is 4.95. The van der Waals surface area contributed by atoms with Gasteiger partial charge in [-0.05, 0) is 5.56 Å². The van der Waals surface area contributed by atoms with E-state index in [1.54, 1.807) is 16.4 Å². The van der Waals surface area contributed by atoms with Gasteiger partial charge in [-0.1, -0.05) is 30.3 Å². The lowest BCUT2D eigenvalue weighted by molar-refractivity contribution is 0.787. The maximum absolute atomic E-state index is 12.1. The van der Waals surface area contributed by atoms with Crippen LogP contribution in [0.25, 0.3) is 22.3 Å². The summed E-state index contributed by atoms with van der Waals surface area (Å²) in [5, 5.41) is 5.71. The number of fused-ring (bicyclic) bond motifs is 3. The molecule has 3 heterocycles. The average molecular weight is 283 g/mol. The van der Waals surface area contributed by atoms with Gasteiger partial charge in [0.2, 0.25) is 0 Å². The van der Waals surface area contributed by atoms with Crippen LogP contribution < -0.4 is 5.56 Å². The van der Waals surface area contributed by atoms with Crippen molar-refractivity contribution in [3.05, 3.63) is 51.8 Å². The fourth-order valence-electron chi connectivity index (χ4n) is 2.79. The molecule has 1 aliphatic rings. The number of nitrogens with zero attached hydrogens (tertiary/aromatic N) is 2. The molecule has 0 unspecified atom stereocenters. The number of nitrogens with one attached hydrogen (secondary N) is 1. The molecule has 1 N–H and O–H groups in total. The Kier molecular flexibility index (Phi) is 2.50. The van der Waals surface area contributed by atoms with Crippen LogP contribution in [0.15, 0.2) is 35.1 Å². The molecule has 0 saturated carbocycles. The largest absolute Gasteiger partial charge is 0.306 e. The third kappa shape index (κ3) is 1.56. The van der Waals surface area contributed by atoms with Crippen LogP contribution in [0.2, 0.25) is 0 Å². The minimum Gasteiger partial charge on any atom is -0.306 e. The summed E-state index contributed by atoms with van der Waals surface area (Å²) in [6.45, 7) is 0. The molecule has 1 aliphatic heterocycles. The van der Waals surface area contributed by atoms with E-state index < -0.39 is 0 Å². The summed E-state index contributed by atoms with van der Waals surface area (Å²) in [7, 11) is 1.87. The summed E-state index contributed by atoms with van der Waals surface area (Å²) in [5.74, 6) is 1.69. The molecule has 4 nitrogen and oxygen atoms in total. The number of benzene rings is 1. The first-order valence-corrected chi connectivity index (χ1v) is 7.65. The second kappa shape index (κ2) is 4.24. The molecule has 20 heavy (non-hydrogen) atoms. The highest BCUT2D eigenvalue weighted by atomic mass is 32.2. The summed E-state index contributed by atoms with van der Waals surface area (Å²) < 4.78 is 1.77. The fourth-order valence-corrected chi connectivity index (χ4v) is 3.92. The van der Waals surface area contributed by atoms with Crippen LogP contribution in [0, 0.1) is 0 Å². The van der Waals surface area contributed by atoms with Crippen molar-refractivity contribution < 1.29 is 0 Å². The molecule has 0 saturated heterocycles. The van der Waals surface area contributed by atoms with Gasteiger partial charge < -0.3 is 4.98 Å². The molecule has 0 aliphatic carbocycles. The summed E-state index contributed by atoms with van der Waals surface area (Å²) in [6, 6.07) is 10.1. The topological polar surface area (TPSA) is 50.7 Å². The van der Waals surface area contributed by atoms with Gasteiger partial charge in [0.15, 0.2) is 0 Å². The Bertz CT molecular complexity index is 864. The highest BCUT2D eigenvalue weighted by molar-refractivity contribution is 7.98. The maximum atomic E-state index is 12.1. The molecular weight excluding hydrogens is 270 g/mol. The van der Waals surface area contributed by atoms with Crippen LogP contribution in [0.3, 0.4) is 0 Å². The van der Waals surface area contributed by atoms with E-state index in [0.29, 0.717) is 0 Å². The number of hydrogen-bond donors (Lipinski definition) is 1. The quantitative estimate of drug-likeness (QED) is 0.747. The zero-order chi connectivity index (χ0) is 13.7. The first-order valence-electron chi connectivity index (χ1n) is 6.49. The Balaban J connectivity index is 2.14. The molecule has 5 heteroatoms. The molecule has 0 amide bonds. The van der Waals surface area contributed by atoms with E-state index in [9.17, 15) is 4.79 Å². The zero-order valence-electron chi connectivity index (χ0n) is 11.0. The number of aromatic amines is 1. The van der Waals surface area contributed by atoms with E-state index in [2.05, 4.69) is 22.2 Å².